The molecular weight excluding hydrogens is 452 g/mol. The van der Waals surface area contributed by atoms with Crippen LogP contribution in [0.1, 0.15) is 12.5 Å². The molecule has 0 unspecified atom stereocenters. The lowest BCUT2D eigenvalue weighted by Gasteiger charge is -2.41. The average molecular weight is 477 g/mol. The molecular formula is C27H25ClN2O4. The van der Waals surface area contributed by atoms with E-state index in [9.17, 15) is 9.59 Å². The summed E-state index contributed by atoms with van der Waals surface area (Å²) in [5.74, 6) is 0.591. The van der Waals surface area contributed by atoms with E-state index in [-0.39, 0.29) is 18.4 Å². The van der Waals surface area contributed by atoms with Gasteiger partial charge in [-0.25, -0.2) is 0 Å². The van der Waals surface area contributed by atoms with Crippen LogP contribution in [0, 0.1) is 0 Å². The first-order chi connectivity index (χ1) is 16.4. The van der Waals surface area contributed by atoms with E-state index in [1.165, 1.54) is 12.0 Å². The van der Waals surface area contributed by atoms with Gasteiger partial charge in [0.15, 0.2) is 0 Å². The largest absolute Gasteiger partial charge is 0.497 e. The standard InChI is InChI=1S/C27H25ClN2O4/c1-18(15-19-7-5-4-6-8-19)26-27(32)29(23-14-13-22(33-2)16-24(23)34-3)17-25(31)30(26)21-11-9-20(28)10-12-21/h4-16,26H,17H2,1-3H3/b18-15-/t26-/m1/s1. The van der Waals surface area contributed by atoms with Crippen molar-refractivity contribution in [1.82, 2.24) is 0 Å². The molecule has 7 heteroatoms. The van der Waals surface area contributed by atoms with E-state index in [1.807, 2.05) is 43.3 Å². The third-order valence-corrected chi connectivity index (χ3v) is 5.98. The Kier molecular flexibility index (Phi) is 6.89. The molecule has 1 aliphatic heterocycles. The Morgan fingerprint density at radius 3 is 2.32 bits per heavy atom. The van der Waals surface area contributed by atoms with Crippen LogP contribution in [0.25, 0.3) is 6.08 Å². The van der Waals surface area contributed by atoms with Gasteiger partial charge >= 0.3 is 0 Å². The Morgan fingerprint density at radius 2 is 1.68 bits per heavy atom. The minimum Gasteiger partial charge on any atom is -0.497 e. The first kappa shape index (κ1) is 23.4. The van der Waals surface area contributed by atoms with Crippen LogP contribution in [0.5, 0.6) is 11.5 Å². The molecule has 0 saturated carbocycles. The molecule has 0 radical (unpaired) electrons. The van der Waals surface area contributed by atoms with E-state index in [0.717, 1.165) is 11.1 Å². The summed E-state index contributed by atoms with van der Waals surface area (Å²) < 4.78 is 10.8. The average Bonchev–Trinajstić information content (AvgIpc) is 2.85. The number of amides is 2. The third kappa shape index (κ3) is 4.63. The molecule has 34 heavy (non-hydrogen) atoms. The van der Waals surface area contributed by atoms with Crippen molar-refractivity contribution in [3.63, 3.8) is 0 Å². The topological polar surface area (TPSA) is 59.1 Å². The zero-order chi connectivity index (χ0) is 24.2. The predicted octanol–water partition coefficient (Wildman–Crippen LogP) is 5.21. The van der Waals surface area contributed by atoms with E-state index in [2.05, 4.69) is 0 Å². The number of rotatable bonds is 6. The van der Waals surface area contributed by atoms with Gasteiger partial charge in [0.2, 0.25) is 5.91 Å². The second-order valence-corrected chi connectivity index (χ2v) is 8.34. The Morgan fingerprint density at radius 1 is 0.971 bits per heavy atom. The number of carbonyl (C=O) groups excluding carboxylic acids is 2. The molecule has 1 atom stereocenters. The summed E-state index contributed by atoms with van der Waals surface area (Å²) in [6, 6.07) is 20.9. The summed E-state index contributed by atoms with van der Waals surface area (Å²) in [5, 5.41) is 0.553. The molecule has 1 aliphatic rings. The van der Waals surface area contributed by atoms with Crippen LogP contribution in [-0.4, -0.2) is 38.6 Å². The molecule has 0 bridgehead atoms. The summed E-state index contributed by atoms with van der Waals surface area (Å²) in [6.45, 7) is 1.74. The summed E-state index contributed by atoms with van der Waals surface area (Å²) in [5.41, 5.74) is 2.79. The van der Waals surface area contributed by atoms with Crippen molar-refractivity contribution in [1.29, 1.82) is 0 Å². The summed E-state index contributed by atoms with van der Waals surface area (Å²) in [7, 11) is 3.08. The van der Waals surface area contributed by atoms with E-state index in [4.69, 9.17) is 21.1 Å². The Labute approximate surface area is 204 Å². The van der Waals surface area contributed by atoms with Gasteiger partial charge in [0.05, 0.1) is 19.9 Å². The number of carbonyl (C=O) groups is 2. The monoisotopic (exact) mass is 476 g/mol. The second-order valence-electron chi connectivity index (χ2n) is 7.90. The van der Waals surface area contributed by atoms with Crippen molar-refractivity contribution < 1.29 is 19.1 Å². The number of piperazine rings is 1. The molecule has 0 N–H and O–H groups in total. The molecule has 1 saturated heterocycles. The molecule has 3 aromatic rings. The van der Waals surface area contributed by atoms with Gasteiger partial charge in [0, 0.05) is 16.8 Å². The summed E-state index contributed by atoms with van der Waals surface area (Å²) in [6.07, 6.45) is 1.92. The van der Waals surface area contributed by atoms with E-state index in [0.29, 0.717) is 27.9 Å². The molecule has 4 rings (SSSR count). The molecule has 0 aromatic heterocycles. The molecule has 174 valence electrons. The van der Waals surface area contributed by atoms with Gasteiger partial charge in [-0.3, -0.25) is 19.4 Å². The fourth-order valence-corrected chi connectivity index (χ4v) is 4.21. The smallest absolute Gasteiger partial charge is 0.255 e. The van der Waals surface area contributed by atoms with Crippen LogP contribution in [0.4, 0.5) is 11.4 Å². The Balaban J connectivity index is 1.81. The number of hydrogen-bond acceptors (Lipinski definition) is 4. The van der Waals surface area contributed by atoms with Crippen LogP contribution < -0.4 is 19.3 Å². The highest BCUT2D eigenvalue weighted by molar-refractivity contribution is 6.30. The maximum atomic E-state index is 14.0. The molecule has 1 fully saturated rings. The molecule has 2 amide bonds. The van der Waals surface area contributed by atoms with E-state index < -0.39 is 6.04 Å². The third-order valence-electron chi connectivity index (χ3n) is 5.73. The number of nitrogens with zero attached hydrogens (tertiary/aromatic N) is 2. The minimum atomic E-state index is -0.838. The minimum absolute atomic E-state index is 0.126. The van der Waals surface area contributed by atoms with Crippen molar-refractivity contribution in [2.75, 3.05) is 30.6 Å². The number of anilines is 2. The fourth-order valence-electron chi connectivity index (χ4n) is 4.09. The zero-order valence-corrected chi connectivity index (χ0v) is 20.0. The Bertz CT molecular complexity index is 1230. The number of methoxy groups -OCH3 is 2. The SMILES string of the molecule is COc1ccc(N2CC(=O)N(c3ccc(Cl)cc3)[C@H](/C(C)=C\c3ccccc3)C2=O)c(OC)c1. The Hall–Kier alpha value is -3.77. The number of benzene rings is 3. The predicted molar refractivity (Wildman–Crippen MR) is 135 cm³/mol. The number of ether oxygens (including phenoxy) is 2. The number of hydrogen-bond donors (Lipinski definition) is 0. The van der Waals surface area contributed by atoms with Gasteiger partial charge in [-0.1, -0.05) is 48.0 Å². The zero-order valence-electron chi connectivity index (χ0n) is 19.2. The van der Waals surface area contributed by atoms with Crippen molar-refractivity contribution in [2.24, 2.45) is 0 Å². The molecule has 6 nitrogen and oxygen atoms in total. The van der Waals surface area contributed by atoms with Crippen LogP contribution in [0.15, 0.2) is 78.4 Å². The van der Waals surface area contributed by atoms with Crippen molar-refractivity contribution >= 4 is 40.9 Å². The van der Waals surface area contributed by atoms with E-state index in [1.54, 1.807) is 54.5 Å². The summed E-state index contributed by atoms with van der Waals surface area (Å²) >= 11 is 6.07. The lowest BCUT2D eigenvalue weighted by Crippen LogP contribution is -2.61. The normalized spacial score (nSPS) is 16.6. The molecule has 0 aliphatic carbocycles. The molecule has 3 aromatic carbocycles. The highest BCUT2D eigenvalue weighted by atomic mass is 35.5. The summed E-state index contributed by atoms with van der Waals surface area (Å²) in [4.78, 5) is 30.5. The quantitative estimate of drug-likeness (QED) is 0.490. The van der Waals surface area contributed by atoms with Gasteiger partial charge < -0.3 is 9.47 Å². The van der Waals surface area contributed by atoms with Crippen LogP contribution >= 0.6 is 11.6 Å². The van der Waals surface area contributed by atoms with Gasteiger partial charge in [0.25, 0.3) is 5.91 Å². The number of halogens is 1. The van der Waals surface area contributed by atoms with Crippen molar-refractivity contribution in [3.05, 3.63) is 89.0 Å². The molecule has 0 spiro atoms. The second kappa shape index (κ2) is 10.0. The first-order valence-corrected chi connectivity index (χ1v) is 11.1. The fraction of sp³-hybridized carbons (Fsp3) is 0.185. The van der Waals surface area contributed by atoms with Gasteiger partial charge in [0.1, 0.15) is 24.1 Å². The highest BCUT2D eigenvalue weighted by Crippen LogP contribution is 2.36. The lowest BCUT2D eigenvalue weighted by molar-refractivity contribution is -0.127. The van der Waals surface area contributed by atoms with Crippen LogP contribution in [0.3, 0.4) is 0 Å². The van der Waals surface area contributed by atoms with Gasteiger partial charge in [-0.15, -0.1) is 0 Å². The maximum Gasteiger partial charge on any atom is 0.255 e. The maximum absolute atomic E-state index is 14.0. The lowest BCUT2D eigenvalue weighted by atomic mass is 9.98. The van der Waals surface area contributed by atoms with E-state index >= 15 is 0 Å². The molecule has 1 heterocycles. The van der Waals surface area contributed by atoms with Crippen LogP contribution in [-0.2, 0) is 9.59 Å². The van der Waals surface area contributed by atoms with Crippen molar-refractivity contribution in [3.8, 4) is 11.5 Å². The van der Waals surface area contributed by atoms with Gasteiger partial charge in [-0.2, -0.15) is 0 Å². The first-order valence-electron chi connectivity index (χ1n) is 10.8. The van der Waals surface area contributed by atoms with Crippen LogP contribution in [0.2, 0.25) is 5.02 Å². The highest BCUT2D eigenvalue weighted by Gasteiger charge is 2.42. The van der Waals surface area contributed by atoms with Crippen molar-refractivity contribution in [2.45, 2.75) is 13.0 Å². The van der Waals surface area contributed by atoms with Gasteiger partial charge in [-0.05, 0) is 54.5 Å².